The number of fused-ring (bicyclic) bond motifs is 3. The first-order chi connectivity index (χ1) is 17.0. The highest BCUT2D eigenvalue weighted by Gasteiger charge is 2.31. The molecule has 0 aromatic heterocycles. The van der Waals surface area contributed by atoms with E-state index in [0.29, 0.717) is 19.6 Å². The highest BCUT2D eigenvalue weighted by molar-refractivity contribution is 5.79. The number of ether oxygens (including phenoxy) is 3. The van der Waals surface area contributed by atoms with Gasteiger partial charge in [-0.25, -0.2) is 9.59 Å². The number of carbonyl (C=O) groups excluding carboxylic acids is 2. The number of carbonyl (C=O) groups is 3. The second kappa shape index (κ2) is 11.8. The lowest BCUT2D eigenvalue weighted by Crippen LogP contribution is -2.47. The summed E-state index contributed by atoms with van der Waals surface area (Å²) < 4.78 is 16.1. The fourth-order valence-electron chi connectivity index (χ4n) is 4.71. The van der Waals surface area contributed by atoms with E-state index < -0.39 is 18.7 Å². The van der Waals surface area contributed by atoms with E-state index in [1.54, 1.807) is 0 Å². The molecule has 0 bridgehead atoms. The van der Waals surface area contributed by atoms with Gasteiger partial charge in [0.15, 0.2) is 0 Å². The van der Waals surface area contributed by atoms with Crippen molar-refractivity contribution in [1.82, 2.24) is 10.6 Å². The zero-order chi connectivity index (χ0) is 24.6. The molecule has 2 aliphatic rings. The summed E-state index contributed by atoms with van der Waals surface area (Å²) in [7, 11) is 0. The Morgan fingerprint density at radius 2 is 1.71 bits per heavy atom. The number of benzene rings is 2. The summed E-state index contributed by atoms with van der Waals surface area (Å²) in [6.07, 6.45) is 0.253. The summed E-state index contributed by atoms with van der Waals surface area (Å²) in [5.41, 5.74) is 4.63. The van der Waals surface area contributed by atoms with Crippen LogP contribution in [-0.4, -0.2) is 68.7 Å². The van der Waals surface area contributed by atoms with E-state index in [9.17, 15) is 14.4 Å². The third kappa shape index (κ3) is 6.37. The van der Waals surface area contributed by atoms with Crippen LogP contribution in [0.2, 0.25) is 0 Å². The molecule has 1 aliphatic heterocycles. The van der Waals surface area contributed by atoms with Crippen LogP contribution in [0.3, 0.4) is 0 Å². The molecule has 1 saturated heterocycles. The Morgan fingerprint density at radius 1 is 1.03 bits per heavy atom. The van der Waals surface area contributed by atoms with Gasteiger partial charge in [0.05, 0.1) is 13.2 Å². The number of carboxylic acids is 1. The zero-order valence-corrected chi connectivity index (χ0v) is 19.4. The first kappa shape index (κ1) is 24.7. The Hall–Kier alpha value is -3.43. The van der Waals surface area contributed by atoms with Crippen molar-refractivity contribution in [3.8, 4) is 11.1 Å². The molecule has 9 heteroatoms. The van der Waals surface area contributed by atoms with Crippen molar-refractivity contribution >= 4 is 18.0 Å². The van der Waals surface area contributed by atoms with Crippen molar-refractivity contribution in [3.05, 3.63) is 59.7 Å². The Labute approximate surface area is 203 Å². The van der Waals surface area contributed by atoms with Gasteiger partial charge < -0.3 is 30.0 Å². The van der Waals surface area contributed by atoms with Gasteiger partial charge in [-0.15, -0.1) is 0 Å². The summed E-state index contributed by atoms with van der Waals surface area (Å²) in [5, 5.41) is 14.2. The summed E-state index contributed by atoms with van der Waals surface area (Å²) in [5.74, 6) is -1.48. The van der Waals surface area contributed by atoms with Crippen molar-refractivity contribution in [3.63, 3.8) is 0 Å². The van der Waals surface area contributed by atoms with Crippen LogP contribution in [0, 0.1) is 5.92 Å². The molecule has 1 fully saturated rings. The quantitative estimate of drug-likeness (QED) is 0.445. The average molecular weight is 483 g/mol. The van der Waals surface area contributed by atoms with Crippen LogP contribution in [0.25, 0.3) is 11.1 Å². The average Bonchev–Trinajstić information content (AvgIpc) is 3.17. The number of hydrogen-bond donors (Lipinski definition) is 3. The van der Waals surface area contributed by atoms with E-state index >= 15 is 0 Å². The van der Waals surface area contributed by atoms with E-state index in [2.05, 4.69) is 34.9 Å². The van der Waals surface area contributed by atoms with E-state index in [1.165, 1.54) is 11.1 Å². The van der Waals surface area contributed by atoms with Gasteiger partial charge in [-0.2, -0.15) is 0 Å². The lowest BCUT2D eigenvalue weighted by molar-refractivity contribution is -0.142. The van der Waals surface area contributed by atoms with Crippen molar-refractivity contribution in [2.45, 2.75) is 24.8 Å². The van der Waals surface area contributed by atoms with Gasteiger partial charge in [-0.05, 0) is 28.7 Å². The van der Waals surface area contributed by atoms with Crippen LogP contribution in [0.5, 0.6) is 0 Å². The fourth-order valence-corrected chi connectivity index (χ4v) is 4.71. The second-order valence-corrected chi connectivity index (χ2v) is 8.70. The Kier molecular flexibility index (Phi) is 8.33. The largest absolute Gasteiger partial charge is 0.480 e. The maximum absolute atomic E-state index is 12.7. The summed E-state index contributed by atoms with van der Waals surface area (Å²) >= 11 is 0. The van der Waals surface area contributed by atoms with E-state index in [0.717, 1.165) is 11.1 Å². The summed E-state index contributed by atoms with van der Waals surface area (Å²) in [6.45, 7) is 1.00. The lowest BCUT2D eigenvalue weighted by Gasteiger charge is -2.31. The Morgan fingerprint density at radius 3 is 2.40 bits per heavy atom. The molecule has 1 aliphatic carbocycles. The minimum atomic E-state index is -1.06. The van der Waals surface area contributed by atoms with E-state index in [-0.39, 0.29) is 50.0 Å². The van der Waals surface area contributed by atoms with Gasteiger partial charge in [0.2, 0.25) is 5.91 Å². The smallest absolute Gasteiger partial charge is 0.407 e. The SMILES string of the molecule is O=C(O)COCCNC(=O)CC1COCCC1NC(=O)OCC1c2ccccc2-c2ccccc21. The summed E-state index contributed by atoms with van der Waals surface area (Å²) in [4.78, 5) is 35.4. The maximum Gasteiger partial charge on any atom is 0.407 e. The number of aliphatic carboxylic acids is 1. The van der Waals surface area contributed by atoms with Crippen molar-refractivity contribution in [2.75, 3.05) is 39.6 Å². The third-order valence-corrected chi connectivity index (χ3v) is 6.36. The van der Waals surface area contributed by atoms with Crippen LogP contribution in [0.1, 0.15) is 29.9 Å². The van der Waals surface area contributed by atoms with Crippen molar-refractivity contribution < 1.29 is 33.7 Å². The lowest BCUT2D eigenvalue weighted by atomic mass is 9.92. The van der Waals surface area contributed by atoms with Gasteiger partial charge in [-0.3, -0.25) is 4.79 Å². The molecule has 2 unspecified atom stereocenters. The van der Waals surface area contributed by atoms with Crippen LogP contribution >= 0.6 is 0 Å². The molecular formula is C26H30N2O7. The normalized spacial score (nSPS) is 18.9. The third-order valence-electron chi connectivity index (χ3n) is 6.36. The fraction of sp³-hybridized carbons (Fsp3) is 0.423. The van der Waals surface area contributed by atoms with Crippen molar-refractivity contribution in [2.24, 2.45) is 5.92 Å². The maximum atomic E-state index is 12.7. The molecule has 2 aromatic carbocycles. The number of amides is 2. The summed E-state index contributed by atoms with van der Waals surface area (Å²) in [6, 6.07) is 16.1. The van der Waals surface area contributed by atoms with Gasteiger partial charge in [-0.1, -0.05) is 48.5 Å². The highest BCUT2D eigenvalue weighted by atomic mass is 16.5. The van der Waals surface area contributed by atoms with E-state index in [1.807, 2.05) is 24.3 Å². The van der Waals surface area contributed by atoms with Gasteiger partial charge >= 0.3 is 12.1 Å². The highest BCUT2D eigenvalue weighted by Crippen LogP contribution is 2.44. The minimum Gasteiger partial charge on any atom is -0.480 e. The molecule has 4 rings (SSSR count). The first-order valence-corrected chi connectivity index (χ1v) is 11.8. The molecule has 0 saturated carbocycles. The molecule has 0 spiro atoms. The van der Waals surface area contributed by atoms with Gasteiger partial charge in [0.1, 0.15) is 13.2 Å². The predicted molar refractivity (Wildman–Crippen MR) is 127 cm³/mol. The molecule has 2 atom stereocenters. The molecule has 0 radical (unpaired) electrons. The number of nitrogens with one attached hydrogen (secondary N) is 2. The van der Waals surface area contributed by atoms with Gasteiger partial charge in [0.25, 0.3) is 0 Å². The molecule has 35 heavy (non-hydrogen) atoms. The number of hydrogen-bond acceptors (Lipinski definition) is 6. The molecule has 2 amide bonds. The molecule has 186 valence electrons. The standard InChI is InChI=1S/C26H30N2O7/c29-24(27-10-12-34-16-25(30)31)13-17-14-33-11-9-23(17)28-26(32)35-15-22-20-7-3-1-5-18(20)19-6-2-4-8-21(19)22/h1-8,17,22-23H,9-16H2,(H,27,29)(H,28,32)(H,30,31). The Balaban J connectivity index is 1.27. The van der Waals surface area contributed by atoms with E-state index in [4.69, 9.17) is 19.3 Å². The van der Waals surface area contributed by atoms with Gasteiger partial charge in [0, 0.05) is 37.5 Å². The minimum absolute atomic E-state index is 0.0206. The first-order valence-electron chi connectivity index (χ1n) is 11.8. The predicted octanol–water partition coefficient (Wildman–Crippen LogP) is 2.54. The van der Waals surface area contributed by atoms with Crippen LogP contribution in [0.4, 0.5) is 4.79 Å². The second-order valence-electron chi connectivity index (χ2n) is 8.70. The zero-order valence-electron chi connectivity index (χ0n) is 19.4. The monoisotopic (exact) mass is 482 g/mol. The van der Waals surface area contributed by atoms with Crippen molar-refractivity contribution in [1.29, 1.82) is 0 Å². The van der Waals surface area contributed by atoms with Crippen LogP contribution in [0.15, 0.2) is 48.5 Å². The molecule has 9 nitrogen and oxygen atoms in total. The molecule has 2 aromatic rings. The number of alkyl carbamates (subject to hydrolysis) is 1. The molecular weight excluding hydrogens is 452 g/mol. The number of carboxylic acid groups (broad SMARTS) is 1. The topological polar surface area (TPSA) is 123 Å². The number of rotatable bonds is 10. The van der Waals surface area contributed by atoms with Crippen LogP contribution < -0.4 is 10.6 Å². The molecule has 1 heterocycles. The van der Waals surface area contributed by atoms with Crippen LogP contribution in [-0.2, 0) is 23.8 Å². The molecule has 3 N–H and O–H groups in total. The Bertz CT molecular complexity index is 1010.